The third kappa shape index (κ3) is 3.96. The summed E-state index contributed by atoms with van der Waals surface area (Å²) in [5, 5.41) is 0. The minimum atomic E-state index is -3.64. The van der Waals surface area contributed by atoms with Crippen LogP contribution in [0.3, 0.4) is 0 Å². The third-order valence-electron chi connectivity index (χ3n) is 2.46. The van der Waals surface area contributed by atoms with Gasteiger partial charge in [0.2, 0.25) is 10.0 Å². The highest BCUT2D eigenvalue weighted by atomic mass is 32.2. The number of halogens is 1. The fourth-order valence-electron chi connectivity index (χ4n) is 1.78. The Morgan fingerprint density at radius 2 is 1.94 bits per heavy atom. The first-order chi connectivity index (χ1) is 8.22. The molecule has 0 heterocycles. The zero-order valence-electron chi connectivity index (χ0n) is 10.8. The number of nitrogens with two attached hydrogens (primary N) is 1. The average Bonchev–Trinajstić information content (AvgIpc) is 2.19. The Morgan fingerprint density at radius 1 is 1.33 bits per heavy atom. The molecule has 0 saturated carbocycles. The van der Waals surface area contributed by atoms with Gasteiger partial charge in [0.15, 0.2) is 0 Å². The van der Waals surface area contributed by atoms with E-state index >= 15 is 0 Å². The Kier molecular flexibility index (Phi) is 4.70. The lowest BCUT2D eigenvalue weighted by molar-refractivity contribution is 0.482. The second-order valence-electron chi connectivity index (χ2n) is 4.84. The summed E-state index contributed by atoms with van der Waals surface area (Å²) >= 11 is 0. The van der Waals surface area contributed by atoms with E-state index in [9.17, 15) is 12.8 Å². The van der Waals surface area contributed by atoms with E-state index in [0.29, 0.717) is 5.92 Å². The first-order valence-electron chi connectivity index (χ1n) is 5.79. The molecule has 1 aromatic carbocycles. The predicted molar refractivity (Wildman–Crippen MR) is 70.1 cm³/mol. The average molecular weight is 274 g/mol. The van der Waals surface area contributed by atoms with Crippen molar-refractivity contribution in [3.63, 3.8) is 0 Å². The summed E-state index contributed by atoms with van der Waals surface area (Å²) in [6.07, 6.45) is 0.732. The molecular weight excluding hydrogens is 255 g/mol. The van der Waals surface area contributed by atoms with Gasteiger partial charge in [-0.3, -0.25) is 0 Å². The topological polar surface area (TPSA) is 72.2 Å². The minimum absolute atomic E-state index is 0.0167. The van der Waals surface area contributed by atoms with Crippen LogP contribution in [0, 0.1) is 11.7 Å². The Hall–Kier alpha value is -1.14. The molecule has 0 amide bonds. The first kappa shape index (κ1) is 14.9. The molecule has 4 nitrogen and oxygen atoms in total. The number of hydrogen-bond acceptors (Lipinski definition) is 3. The van der Waals surface area contributed by atoms with Crippen LogP contribution in [0.25, 0.3) is 0 Å². The van der Waals surface area contributed by atoms with Crippen molar-refractivity contribution in [2.45, 2.75) is 38.1 Å². The van der Waals surface area contributed by atoms with Gasteiger partial charge in [-0.25, -0.2) is 17.5 Å². The highest BCUT2D eigenvalue weighted by Gasteiger charge is 2.18. The van der Waals surface area contributed by atoms with Crippen LogP contribution in [0.4, 0.5) is 10.1 Å². The Balaban J connectivity index is 2.89. The summed E-state index contributed by atoms with van der Waals surface area (Å²) in [4.78, 5) is -0.0167. The van der Waals surface area contributed by atoms with Gasteiger partial charge in [-0.15, -0.1) is 0 Å². The van der Waals surface area contributed by atoms with Crippen LogP contribution in [0.5, 0.6) is 0 Å². The van der Waals surface area contributed by atoms with Crippen LogP contribution in [0.1, 0.15) is 27.2 Å². The molecule has 3 N–H and O–H groups in total. The Bertz CT molecular complexity index is 515. The van der Waals surface area contributed by atoms with Crippen molar-refractivity contribution >= 4 is 15.7 Å². The molecule has 0 aliphatic rings. The molecule has 102 valence electrons. The molecule has 0 spiro atoms. The summed E-state index contributed by atoms with van der Waals surface area (Å²) in [7, 11) is -3.64. The van der Waals surface area contributed by atoms with Crippen LogP contribution in [-0.4, -0.2) is 14.5 Å². The van der Waals surface area contributed by atoms with Gasteiger partial charge in [-0.2, -0.15) is 0 Å². The monoisotopic (exact) mass is 274 g/mol. The summed E-state index contributed by atoms with van der Waals surface area (Å²) in [5.74, 6) is -0.231. The van der Waals surface area contributed by atoms with E-state index in [0.717, 1.165) is 18.6 Å². The molecule has 0 aromatic heterocycles. The Labute approximate surface area is 107 Å². The lowest BCUT2D eigenvalue weighted by atomic mass is 10.1. The quantitative estimate of drug-likeness (QED) is 0.808. The number of anilines is 1. The summed E-state index contributed by atoms with van der Waals surface area (Å²) in [6, 6.07) is 3.20. The number of nitrogen functional groups attached to an aromatic ring is 1. The zero-order valence-corrected chi connectivity index (χ0v) is 11.6. The molecule has 1 unspecified atom stereocenters. The van der Waals surface area contributed by atoms with E-state index in [1.807, 2.05) is 13.8 Å². The summed E-state index contributed by atoms with van der Waals surface area (Å²) < 4.78 is 39.5. The highest BCUT2D eigenvalue weighted by molar-refractivity contribution is 7.89. The molecule has 1 atom stereocenters. The number of hydrogen-bond donors (Lipinski definition) is 2. The molecule has 1 aromatic rings. The van der Waals surface area contributed by atoms with Gasteiger partial charge in [0.05, 0.1) is 10.6 Å². The van der Waals surface area contributed by atoms with Crippen molar-refractivity contribution in [1.29, 1.82) is 0 Å². The second kappa shape index (κ2) is 5.67. The molecule has 0 aliphatic carbocycles. The molecule has 6 heteroatoms. The highest BCUT2D eigenvalue weighted by Crippen LogP contribution is 2.17. The molecule has 18 heavy (non-hydrogen) atoms. The molecule has 0 radical (unpaired) electrons. The maximum Gasteiger partial charge on any atom is 0.240 e. The third-order valence-corrected chi connectivity index (χ3v) is 4.05. The maximum atomic E-state index is 13.0. The van der Waals surface area contributed by atoms with E-state index in [2.05, 4.69) is 4.72 Å². The normalized spacial score (nSPS) is 13.8. The van der Waals surface area contributed by atoms with Crippen molar-refractivity contribution < 1.29 is 12.8 Å². The van der Waals surface area contributed by atoms with Gasteiger partial charge >= 0.3 is 0 Å². The Morgan fingerprint density at radius 3 is 2.44 bits per heavy atom. The van der Waals surface area contributed by atoms with E-state index in [1.54, 1.807) is 6.92 Å². The lowest BCUT2D eigenvalue weighted by Crippen LogP contribution is -2.33. The molecule has 0 fully saturated rings. The van der Waals surface area contributed by atoms with Gasteiger partial charge in [-0.1, -0.05) is 13.8 Å². The predicted octanol–water partition coefficient (Wildman–Crippen LogP) is 2.12. The van der Waals surface area contributed by atoms with Crippen LogP contribution in [-0.2, 0) is 10.0 Å². The van der Waals surface area contributed by atoms with Crippen molar-refractivity contribution in [3.05, 3.63) is 24.0 Å². The van der Waals surface area contributed by atoms with Gasteiger partial charge in [-0.05, 0) is 37.5 Å². The fourth-order valence-corrected chi connectivity index (χ4v) is 3.07. The first-order valence-corrected chi connectivity index (χ1v) is 7.28. The summed E-state index contributed by atoms with van der Waals surface area (Å²) in [5.41, 5.74) is 5.19. The zero-order chi connectivity index (χ0) is 13.9. The summed E-state index contributed by atoms with van der Waals surface area (Å²) in [6.45, 7) is 5.83. The van der Waals surface area contributed by atoms with Crippen molar-refractivity contribution in [2.24, 2.45) is 5.92 Å². The number of benzene rings is 1. The van der Waals surface area contributed by atoms with E-state index < -0.39 is 15.8 Å². The van der Waals surface area contributed by atoms with Crippen molar-refractivity contribution in [2.75, 3.05) is 5.73 Å². The van der Waals surface area contributed by atoms with Crippen LogP contribution >= 0.6 is 0 Å². The minimum Gasteiger partial charge on any atom is -0.396 e. The van der Waals surface area contributed by atoms with Crippen LogP contribution < -0.4 is 10.5 Å². The number of sulfonamides is 1. The van der Waals surface area contributed by atoms with Crippen molar-refractivity contribution in [1.82, 2.24) is 4.72 Å². The maximum absolute atomic E-state index is 13.0. The SMILES string of the molecule is CC(C)CC(C)NS(=O)(=O)c1ccc(F)c(N)c1. The second-order valence-corrected chi connectivity index (χ2v) is 6.55. The van der Waals surface area contributed by atoms with Gasteiger partial charge in [0, 0.05) is 6.04 Å². The van der Waals surface area contributed by atoms with Gasteiger partial charge < -0.3 is 5.73 Å². The molecule has 0 aliphatic heterocycles. The van der Waals surface area contributed by atoms with Crippen LogP contribution in [0.2, 0.25) is 0 Å². The van der Waals surface area contributed by atoms with Crippen molar-refractivity contribution in [3.8, 4) is 0 Å². The molecule has 0 bridgehead atoms. The lowest BCUT2D eigenvalue weighted by Gasteiger charge is -2.16. The van der Waals surface area contributed by atoms with E-state index in [1.165, 1.54) is 6.07 Å². The molecule has 0 saturated heterocycles. The van der Waals surface area contributed by atoms with Gasteiger partial charge in [0.1, 0.15) is 5.82 Å². The van der Waals surface area contributed by atoms with Crippen LogP contribution in [0.15, 0.2) is 23.1 Å². The smallest absolute Gasteiger partial charge is 0.240 e. The standard InChI is InChI=1S/C12H19FN2O2S/c1-8(2)6-9(3)15-18(16,17)10-4-5-11(13)12(14)7-10/h4-5,7-9,15H,6,14H2,1-3H3. The van der Waals surface area contributed by atoms with Gasteiger partial charge in [0.25, 0.3) is 0 Å². The molecule has 1 rings (SSSR count). The van der Waals surface area contributed by atoms with E-state index in [-0.39, 0.29) is 16.6 Å². The molecular formula is C12H19FN2O2S. The van der Waals surface area contributed by atoms with E-state index in [4.69, 9.17) is 5.73 Å². The largest absolute Gasteiger partial charge is 0.396 e. The number of nitrogens with one attached hydrogen (secondary N) is 1. The fraction of sp³-hybridized carbons (Fsp3) is 0.500. The number of rotatable bonds is 5.